The number of hydrogen-bond acceptors (Lipinski definition) is 3. The third kappa shape index (κ3) is 6.60. The van der Waals surface area contributed by atoms with Gasteiger partial charge < -0.3 is 15.0 Å². The number of nitrogens with one attached hydrogen (secondary N) is 1. The highest BCUT2D eigenvalue weighted by atomic mass is 35.5. The molecule has 1 N–H and O–H groups in total. The Balaban J connectivity index is 2.37. The van der Waals surface area contributed by atoms with Crippen molar-refractivity contribution in [2.24, 2.45) is 0 Å². The van der Waals surface area contributed by atoms with Crippen molar-refractivity contribution in [3.05, 3.63) is 34.9 Å². The van der Waals surface area contributed by atoms with Crippen LogP contribution in [-0.2, 0) is 9.53 Å². The Morgan fingerprint density at radius 2 is 1.90 bits per heavy atom. The topological polar surface area (TPSA) is 58.6 Å². The summed E-state index contributed by atoms with van der Waals surface area (Å²) in [5.74, 6) is -0.182. The molecular weight excluding hydrogens is 292 g/mol. The van der Waals surface area contributed by atoms with E-state index in [-0.39, 0.29) is 11.8 Å². The number of carbonyl (C=O) groups excluding carboxylic acids is 2. The molecule has 21 heavy (non-hydrogen) atoms. The molecule has 0 aliphatic heterocycles. The van der Waals surface area contributed by atoms with Gasteiger partial charge in [-0.15, -0.1) is 0 Å². The smallest absolute Gasteiger partial charge is 0.251 e. The summed E-state index contributed by atoms with van der Waals surface area (Å²) in [4.78, 5) is 25.1. The Morgan fingerprint density at radius 3 is 2.48 bits per heavy atom. The highest BCUT2D eigenvalue weighted by Crippen LogP contribution is 2.09. The molecule has 0 saturated heterocycles. The maximum Gasteiger partial charge on any atom is 0.251 e. The minimum atomic E-state index is -0.174. The summed E-state index contributed by atoms with van der Waals surface area (Å²) in [5, 5.41) is 3.38. The van der Waals surface area contributed by atoms with Crippen molar-refractivity contribution in [2.45, 2.75) is 13.3 Å². The van der Waals surface area contributed by atoms with E-state index in [0.717, 1.165) is 6.42 Å². The van der Waals surface area contributed by atoms with Crippen LogP contribution in [-0.4, -0.2) is 50.1 Å². The average Bonchev–Trinajstić information content (AvgIpc) is 2.46. The normalized spacial score (nSPS) is 10.2. The van der Waals surface area contributed by atoms with Gasteiger partial charge in [0.2, 0.25) is 5.91 Å². The van der Waals surface area contributed by atoms with Gasteiger partial charge in [-0.2, -0.15) is 0 Å². The number of halogens is 1. The third-order valence-electron chi connectivity index (χ3n) is 3.00. The third-order valence-corrected chi connectivity index (χ3v) is 3.25. The summed E-state index contributed by atoms with van der Waals surface area (Å²) < 4.78 is 4.96. The van der Waals surface area contributed by atoms with Crippen LogP contribution >= 0.6 is 11.6 Å². The highest BCUT2D eigenvalue weighted by molar-refractivity contribution is 6.30. The molecule has 0 aliphatic rings. The fraction of sp³-hybridized carbons (Fsp3) is 0.467. The number of amides is 2. The quantitative estimate of drug-likeness (QED) is 0.746. The van der Waals surface area contributed by atoms with Gasteiger partial charge in [-0.3, -0.25) is 9.59 Å². The molecule has 1 aromatic carbocycles. The molecule has 116 valence electrons. The Morgan fingerprint density at radius 1 is 1.24 bits per heavy atom. The summed E-state index contributed by atoms with van der Waals surface area (Å²) in [6, 6.07) is 6.67. The van der Waals surface area contributed by atoms with Crippen molar-refractivity contribution in [3.63, 3.8) is 0 Å². The number of nitrogens with zero attached hydrogens (tertiary/aromatic N) is 1. The first kappa shape index (κ1) is 17.5. The number of ether oxygens (including phenoxy) is 1. The number of hydrogen-bond donors (Lipinski definition) is 1. The van der Waals surface area contributed by atoms with Crippen LogP contribution in [0.25, 0.3) is 0 Å². The Hall–Kier alpha value is -1.59. The molecule has 0 bridgehead atoms. The van der Waals surface area contributed by atoms with Gasteiger partial charge >= 0.3 is 0 Å². The zero-order valence-corrected chi connectivity index (χ0v) is 13.2. The molecule has 0 spiro atoms. The number of rotatable bonds is 8. The summed E-state index contributed by atoms with van der Waals surface area (Å²) in [7, 11) is 1.63. The number of methoxy groups -OCH3 is 1. The summed E-state index contributed by atoms with van der Waals surface area (Å²) in [5.41, 5.74) is 0.549. The van der Waals surface area contributed by atoms with Crippen molar-refractivity contribution in [1.82, 2.24) is 10.2 Å². The first-order chi connectivity index (χ1) is 10.0. The minimum Gasteiger partial charge on any atom is -0.385 e. The second-order valence-corrected chi connectivity index (χ2v) is 5.05. The Kier molecular flexibility index (Phi) is 7.79. The zero-order chi connectivity index (χ0) is 15.7. The Labute approximate surface area is 130 Å². The fourth-order valence-electron chi connectivity index (χ4n) is 1.83. The van der Waals surface area contributed by atoms with Crippen molar-refractivity contribution >= 4 is 23.4 Å². The predicted molar refractivity (Wildman–Crippen MR) is 82.5 cm³/mol. The maximum atomic E-state index is 11.9. The zero-order valence-electron chi connectivity index (χ0n) is 12.4. The van der Waals surface area contributed by atoms with Crippen LogP contribution in [0.4, 0.5) is 0 Å². The van der Waals surface area contributed by atoms with Crippen molar-refractivity contribution in [3.8, 4) is 0 Å². The molecule has 0 unspecified atom stereocenters. The molecule has 6 heteroatoms. The summed E-state index contributed by atoms with van der Waals surface area (Å²) >= 11 is 5.77. The van der Waals surface area contributed by atoms with Crippen LogP contribution in [0, 0.1) is 0 Å². The summed E-state index contributed by atoms with van der Waals surface area (Å²) in [6.45, 7) is 3.65. The Bertz CT molecular complexity index is 462. The van der Waals surface area contributed by atoms with E-state index < -0.39 is 0 Å². The molecule has 1 aromatic rings. The number of benzene rings is 1. The van der Waals surface area contributed by atoms with E-state index in [1.54, 1.807) is 36.3 Å². The van der Waals surface area contributed by atoms with Crippen molar-refractivity contribution in [1.29, 1.82) is 0 Å². The molecule has 0 fully saturated rings. The lowest BCUT2D eigenvalue weighted by molar-refractivity contribution is -0.129. The average molecular weight is 313 g/mol. The summed E-state index contributed by atoms with van der Waals surface area (Å²) in [6.07, 6.45) is 0.779. The molecule has 0 radical (unpaired) electrons. The molecule has 0 heterocycles. The molecule has 0 saturated carbocycles. The highest BCUT2D eigenvalue weighted by Gasteiger charge is 2.09. The van der Waals surface area contributed by atoms with Crippen LogP contribution in [0.5, 0.6) is 0 Å². The van der Waals surface area contributed by atoms with Gasteiger partial charge in [0.15, 0.2) is 0 Å². The SMILES string of the molecule is COCCCN(CCNC(=O)c1ccc(Cl)cc1)C(C)=O. The van der Waals surface area contributed by atoms with Gasteiger partial charge in [-0.05, 0) is 30.7 Å². The van der Waals surface area contributed by atoms with E-state index >= 15 is 0 Å². The lowest BCUT2D eigenvalue weighted by Crippen LogP contribution is -2.38. The lowest BCUT2D eigenvalue weighted by atomic mass is 10.2. The standard InChI is InChI=1S/C15H21ClN2O3/c1-12(19)18(9-3-11-21-2)10-8-17-15(20)13-4-6-14(16)7-5-13/h4-7H,3,8-11H2,1-2H3,(H,17,20). The monoisotopic (exact) mass is 312 g/mol. The molecule has 0 aliphatic carbocycles. The van der Waals surface area contributed by atoms with Gasteiger partial charge in [-0.25, -0.2) is 0 Å². The second-order valence-electron chi connectivity index (χ2n) is 4.62. The van der Waals surface area contributed by atoms with E-state index in [1.165, 1.54) is 6.92 Å². The number of carbonyl (C=O) groups is 2. The largest absolute Gasteiger partial charge is 0.385 e. The van der Waals surface area contributed by atoms with Crippen LogP contribution < -0.4 is 5.32 Å². The molecule has 5 nitrogen and oxygen atoms in total. The van der Waals surface area contributed by atoms with E-state index in [0.29, 0.717) is 36.8 Å². The first-order valence-electron chi connectivity index (χ1n) is 6.83. The van der Waals surface area contributed by atoms with Crippen molar-refractivity contribution < 1.29 is 14.3 Å². The van der Waals surface area contributed by atoms with Crippen LogP contribution in [0.1, 0.15) is 23.7 Å². The van der Waals surface area contributed by atoms with Crippen LogP contribution in [0.3, 0.4) is 0 Å². The van der Waals surface area contributed by atoms with Gasteiger partial charge in [0.05, 0.1) is 0 Å². The van der Waals surface area contributed by atoms with Crippen molar-refractivity contribution in [2.75, 3.05) is 33.4 Å². The molecule has 1 rings (SSSR count). The molecule has 0 aromatic heterocycles. The molecule has 2 amide bonds. The van der Waals surface area contributed by atoms with Gasteiger partial charge in [-0.1, -0.05) is 11.6 Å². The maximum absolute atomic E-state index is 11.9. The molecule has 0 atom stereocenters. The van der Waals surface area contributed by atoms with Gasteiger partial charge in [0.25, 0.3) is 5.91 Å². The van der Waals surface area contributed by atoms with E-state index in [2.05, 4.69) is 5.32 Å². The lowest BCUT2D eigenvalue weighted by Gasteiger charge is -2.21. The van der Waals surface area contributed by atoms with Crippen LogP contribution in [0.15, 0.2) is 24.3 Å². The first-order valence-corrected chi connectivity index (χ1v) is 7.20. The van der Waals surface area contributed by atoms with E-state index in [1.807, 2.05) is 0 Å². The predicted octanol–water partition coefficient (Wildman–Crippen LogP) is 1.95. The van der Waals surface area contributed by atoms with E-state index in [9.17, 15) is 9.59 Å². The van der Waals surface area contributed by atoms with Gasteiger partial charge in [0, 0.05) is 50.9 Å². The van der Waals surface area contributed by atoms with Gasteiger partial charge in [0.1, 0.15) is 0 Å². The van der Waals surface area contributed by atoms with E-state index in [4.69, 9.17) is 16.3 Å². The minimum absolute atomic E-state index is 0.00755. The second kappa shape index (κ2) is 9.37. The molecular formula is C15H21ClN2O3. The van der Waals surface area contributed by atoms with Crippen LogP contribution in [0.2, 0.25) is 5.02 Å². The fourth-order valence-corrected chi connectivity index (χ4v) is 1.96.